The van der Waals surface area contributed by atoms with Crippen molar-refractivity contribution < 1.29 is 18.7 Å². The van der Waals surface area contributed by atoms with Crippen LogP contribution in [-0.4, -0.2) is 35.4 Å². The Labute approximate surface area is 166 Å². The number of esters is 1. The van der Waals surface area contributed by atoms with Gasteiger partial charge >= 0.3 is 5.97 Å². The smallest absolute Gasteiger partial charge is 0.340 e. The Hall–Kier alpha value is -2.99. The minimum Gasteiger partial charge on any atom is -0.452 e. The van der Waals surface area contributed by atoms with Crippen LogP contribution in [0.1, 0.15) is 21.6 Å². The molecule has 1 amide bonds. The molecule has 0 bridgehead atoms. The van der Waals surface area contributed by atoms with Crippen molar-refractivity contribution in [3.8, 4) is 0 Å². The Kier molecular flexibility index (Phi) is 5.90. The van der Waals surface area contributed by atoms with E-state index in [-0.39, 0.29) is 17.9 Å². The number of carbonyl (C=O) groups excluding carboxylic acids is 2. The van der Waals surface area contributed by atoms with Crippen molar-refractivity contribution in [3.05, 3.63) is 76.2 Å². The molecule has 0 fully saturated rings. The molecule has 0 aliphatic rings. The van der Waals surface area contributed by atoms with Crippen LogP contribution in [0.2, 0.25) is 5.02 Å². The molecule has 5 nitrogen and oxygen atoms in total. The fourth-order valence-corrected chi connectivity index (χ4v) is 2.94. The molecule has 2 aromatic carbocycles. The molecule has 0 aliphatic carbocycles. The molecule has 7 heteroatoms. The maximum absolute atomic E-state index is 13.2. The lowest BCUT2D eigenvalue weighted by Crippen LogP contribution is -2.31. The van der Waals surface area contributed by atoms with Gasteiger partial charge in [0.05, 0.1) is 16.8 Å². The number of aromatic nitrogens is 1. The Morgan fingerprint density at radius 3 is 2.71 bits per heavy atom. The molecule has 0 saturated heterocycles. The van der Waals surface area contributed by atoms with Crippen LogP contribution in [0.5, 0.6) is 0 Å². The number of likely N-dealkylation sites (N-methyl/N-ethyl adjacent to an activating group) is 1. The van der Waals surface area contributed by atoms with Gasteiger partial charge in [-0.3, -0.25) is 9.78 Å². The molecule has 3 aromatic rings. The molecule has 0 atom stereocenters. The number of aryl methyl sites for hydroxylation is 1. The van der Waals surface area contributed by atoms with Crippen LogP contribution in [0.3, 0.4) is 0 Å². The molecule has 0 spiro atoms. The molecular formula is C21H18ClFN2O3. The Bertz CT molecular complexity index is 1060. The minimum absolute atomic E-state index is 0.212. The van der Waals surface area contributed by atoms with Gasteiger partial charge in [-0.1, -0.05) is 23.7 Å². The van der Waals surface area contributed by atoms with Gasteiger partial charge in [0.25, 0.3) is 5.91 Å². The van der Waals surface area contributed by atoms with Crippen molar-refractivity contribution in [2.75, 3.05) is 13.7 Å². The van der Waals surface area contributed by atoms with Crippen molar-refractivity contribution in [1.29, 1.82) is 0 Å². The van der Waals surface area contributed by atoms with Gasteiger partial charge in [0.15, 0.2) is 6.61 Å². The highest BCUT2D eigenvalue weighted by atomic mass is 35.5. The lowest BCUT2D eigenvalue weighted by atomic mass is 10.1. The van der Waals surface area contributed by atoms with Crippen LogP contribution in [0.25, 0.3) is 10.9 Å². The third-order valence-corrected chi connectivity index (χ3v) is 4.48. The summed E-state index contributed by atoms with van der Waals surface area (Å²) in [7, 11) is 1.56. The SMILES string of the molecule is Cc1nc2ccc(Cl)cc2cc1C(=O)OCC(=O)N(C)Cc1cccc(F)c1. The van der Waals surface area contributed by atoms with E-state index in [0.717, 1.165) is 0 Å². The molecular weight excluding hydrogens is 383 g/mol. The number of halogens is 2. The van der Waals surface area contributed by atoms with Crippen LogP contribution >= 0.6 is 11.6 Å². The van der Waals surface area contributed by atoms with E-state index < -0.39 is 18.5 Å². The second-order valence-electron chi connectivity index (χ2n) is 6.41. The van der Waals surface area contributed by atoms with Gasteiger partial charge in [-0.15, -0.1) is 0 Å². The second-order valence-corrected chi connectivity index (χ2v) is 6.85. The van der Waals surface area contributed by atoms with Crippen LogP contribution in [0.4, 0.5) is 4.39 Å². The van der Waals surface area contributed by atoms with Gasteiger partial charge in [0.1, 0.15) is 5.82 Å². The molecule has 0 N–H and O–H groups in total. The van der Waals surface area contributed by atoms with Crippen LogP contribution in [0.15, 0.2) is 48.5 Å². The fourth-order valence-electron chi connectivity index (χ4n) is 2.76. The zero-order valence-corrected chi connectivity index (χ0v) is 16.2. The van der Waals surface area contributed by atoms with Gasteiger partial charge in [0.2, 0.25) is 0 Å². The summed E-state index contributed by atoms with van der Waals surface area (Å²) in [5, 5.41) is 1.24. The third-order valence-electron chi connectivity index (χ3n) is 4.25. The van der Waals surface area contributed by atoms with Crippen molar-refractivity contribution >= 4 is 34.4 Å². The van der Waals surface area contributed by atoms with Crippen molar-refractivity contribution in [3.63, 3.8) is 0 Å². The van der Waals surface area contributed by atoms with E-state index in [0.29, 0.717) is 27.2 Å². The zero-order valence-electron chi connectivity index (χ0n) is 15.4. The van der Waals surface area contributed by atoms with Gasteiger partial charge in [0, 0.05) is 24.0 Å². The molecule has 0 saturated carbocycles. The van der Waals surface area contributed by atoms with Crippen LogP contribution in [0, 0.1) is 12.7 Å². The monoisotopic (exact) mass is 400 g/mol. The molecule has 1 heterocycles. The topological polar surface area (TPSA) is 59.5 Å². The number of carbonyl (C=O) groups is 2. The number of nitrogens with zero attached hydrogens (tertiary/aromatic N) is 2. The summed E-state index contributed by atoms with van der Waals surface area (Å²) in [4.78, 5) is 30.4. The molecule has 0 unspecified atom stereocenters. The average molecular weight is 401 g/mol. The van der Waals surface area contributed by atoms with E-state index in [9.17, 15) is 14.0 Å². The summed E-state index contributed by atoms with van der Waals surface area (Å²) < 4.78 is 18.4. The van der Waals surface area contributed by atoms with E-state index in [1.165, 1.54) is 17.0 Å². The lowest BCUT2D eigenvalue weighted by molar-refractivity contribution is -0.133. The Morgan fingerprint density at radius 1 is 1.18 bits per heavy atom. The Balaban J connectivity index is 1.65. The molecule has 1 aromatic heterocycles. The first-order valence-electron chi connectivity index (χ1n) is 8.56. The standard InChI is InChI=1S/C21H18ClFN2O3/c1-13-18(10-15-9-16(22)6-7-19(15)24-13)21(27)28-12-20(26)25(2)11-14-4-3-5-17(23)8-14/h3-10H,11-12H2,1-2H3. The van der Waals surface area contributed by atoms with Crippen LogP contribution in [-0.2, 0) is 16.1 Å². The largest absolute Gasteiger partial charge is 0.452 e. The minimum atomic E-state index is -0.639. The predicted molar refractivity (Wildman–Crippen MR) is 105 cm³/mol. The molecule has 0 radical (unpaired) electrons. The van der Waals surface area contributed by atoms with Crippen molar-refractivity contribution in [1.82, 2.24) is 9.88 Å². The van der Waals surface area contributed by atoms with Crippen molar-refractivity contribution in [2.24, 2.45) is 0 Å². The number of hydrogen-bond donors (Lipinski definition) is 0. The molecule has 0 aliphatic heterocycles. The summed E-state index contributed by atoms with van der Waals surface area (Å²) in [5.74, 6) is -1.41. The van der Waals surface area contributed by atoms with E-state index in [1.54, 1.807) is 50.4 Å². The lowest BCUT2D eigenvalue weighted by Gasteiger charge is -2.17. The molecule has 3 rings (SSSR count). The maximum atomic E-state index is 13.2. The fraction of sp³-hybridized carbons (Fsp3) is 0.190. The second kappa shape index (κ2) is 8.35. The number of rotatable bonds is 5. The normalized spacial score (nSPS) is 10.7. The van der Waals surface area contributed by atoms with Gasteiger partial charge < -0.3 is 9.64 Å². The summed E-state index contributed by atoms with van der Waals surface area (Å²) in [6.07, 6.45) is 0. The van der Waals surface area contributed by atoms with Gasteiger partial charge in [-0.2, -0.15) is 0 Å². The number of pyridine rings is 1. The number of amides is 1. The van der Waals surface area contributed by atoms with Crippen molar-refractivity contribution in [2.45, 2.75) is 13.5 Å². The predicted octanol–water partition coefficient (Wildman–Crippen LogP) is 4.15. The summed E-state index contributed by atoms with van der Waals surface area (Å²) >= 11 is 5.99. The summed E-state index contributed by atoms with van der Waals surface area (Å²) in [6.45, 7) is 1.49. The quantitative estimate of drug-likeness (QED) is 0.603. The third kappa shape index (κ3) is 4.64. The van der Waals surface area contributed by atoms with Crippen LogP contribution < -0.4 is 0 Å². The first-order valence-corrected chi connectivity index (χ1v) is 8.94. The number of fused-ring (bicyclic) bond motifs is 1. The Morgan fingerprint density at radius 2 is 1.96 bits per heavy atom. The summed E-state index contributed by atoms with van der Waals surface area (Å²) in [5.41, 5.74) is 2.13. The molecule has 144 valence electrons. The van der Waals surface area contributed by atoms with Gasteiger partial charge in [-0.25, -0.2) is 9.18 Å². The first kappa shape index (κ1) is 19.8. The highest BCUT2D eigenvalue weighted by Crippen LogP contribution is 2.21. The highest BCUT2D eigenvalue weighted by Gasteiger charge is 2.17. The van der Waals surface area contributed by atoms with E-state index in [2.05, 4.69) is 4.98 Å². The maximum Gasteiger partial charge on any atom is 0.340 e. The molecule has 28 heavy (non-hydrogen) atoms. The zero-order chi connectivity index (χ0) is 20.3. The van der Waals surface area contributed by atoms with E-state index in [4.69, 9.17) is 16.3 Å². The average Bonchev–Trinajstić information content (AvgIpc) is 2.65. The van der Waals surface area contributed by atoms with Gasteiger partial charge in [-0.05, 0) is 48.9 Å². The number of hydrogen-bond acceptors (Lipinski definition) is 4. The number of ether oxygens (including phenoxy) is 1. The number of benzene rings is 2. The summed E-state index contributed by atoms with van der Waals surface area (Å²) in [6, 6.07) is 12.8. The van der Waals surface area contributed by atoms with E-state index >= 15 is 0 Å². The first-order chi connectivity index (χ1) is 13.3. The van der Waals surface area contributed by atoms with E-state index in [1.807, 2.05) is 0 Å². The highest BCUT2D eigenvalue weighted by molar-refractivity contribution is 6.31.